The van der Waals surface area contributed by atoms with E-state index in [0.29, 0.717) is 12.8 Å². The molecule has 6 nitrogen and oxygen atoms in total. The van der Waals surface area contributed by atoms with E-state index in [2.05, 4.69) is 4.72 Å². The molecule has 1 amide bonds. The third-order valence-corrected chi connectivity index (χ3v) is 6.50. The van der Waals surface area contributed by atoms with Crippen molar-refractivity contribution in [3.8, 4) is 0 Å². The number of nitrogens with one attached hydrogen (secondary N) is 1. The van der Waals surface area contributed by atoms with Crippen molar-refractivity contribution < 1.29 is 18.0 Å². The summed E-state index contributed by atoms with van der Waals surface area (Å²) >= 11 is 0. The first kappa shape index (κ1) is 14.5. The summed E-state index contributed by atoms with van der Waals surface area (Å²) in [6.07, 6.45) is 1.98. The largest absolute Gasteiger partial charge is 0.369 e. The van der Waals surface area contributed by atoms with Crippen molar-refractivity contribution in [3.05, 3.63) is 0 Å². The molecule has 0 heterocycles. The van der Waals surface area contributed by atoms with E-state index in [0.717, 1.165) is 6.42 Å². The van der Waals surface area contributed by atoms with Gasteiger partial charge in [0.05, 0.1) is 12.3 Å². The predicted octanol–water partition coefficient (Wildman–Crippen LogP) is -0.213. The Morgan fingerprint density at radius 2 is 2.11 bits per heavy atom. The van der Waals surface area contributed by atoms with Crippen LogP contribution in [0.25, 0.3) is 0 Å². The quantitative estimate of drug-likeness (QED) is 0.729. The van der Waals surface area contributed by atoms with E-state index in [9.17, 15) is 18.0 Å². The fraction of sp³-hybridized carbons (Fsp3) is 0.833. The predicted molar refractivity (Wildman–Crippen MR) is 69.5 cm³/mol. The standard InChI is InChI=1S/C12H20N2O4S/c1-11(2)8-3-4-12(11,9(15)5-8)7-19(17,18)14-6-10(13)16/h8,14H,3-7H2,1-2H3,(H2,13,16)/t8-,12-/m1/s1. The molecule has 0 unspecified atom stereocenters. The van der Waals surface area contributed by atoms with Crippen molar-refractivity contribution in [1.82, 2.24) is 4.72 Å². The Morgan fingerprint density at radius 1 is 1.47 bits per heavy atom. The van der Waals surface area contributed by atoms with Crippen molar-refractivity contribution in [2.24, 2.45) is 22.5 Å². The number of ketones is 1. The highest BCUT2D eigenvalue weighted by Gasteiger charge is 2.65. The zero-order valence-electron chi connectivity index (χ0n) is 11.2. The highest BCUT2D eigenvalue weighted by Crippen LogP contribution is 2.64. The van der Waals surface area contributed by atoms with E-state index in [4.69, 9.17) is 5.73 Å². The number of carbonyl (C=O) groups is 2. The lowest BCUT2D eigenvalue weighted by molar-refractivity contribution is -0.128. The molecule has 0 spiro atoms. The maximum absolute atomic E-state index is 12.2. The van der Waals surface area contributed by atoms with Gasteiger partial charge in [-0.25, -0.2) is 13.1 Å². The van der Waals surface area contributed by atoms with Crippen LogP contribution in [-0.4, -0.2) is 32.4 Å². The van der Waals surface area contributed by atoms with E-state index in [1.807, 2.05) is 13.8 Å². The molecule has 2 aliphatic rings. The van der Waals surface area contributed by atoms with Gasteiger partial charge in [-0.1, -0.05) is 13.8 Å². The fourth-order valence-corrected chi connectivity index (χ4v) is 5.46. The molecule has 0 aromatic rings. The maximum atomic E-state index is 12.2. The summed E-state index contributed by atoms with van der Waals surface area (Å²) in [6, 6.07) is 0. The van der Waals surface area contributed by atoms with Crippen LogP contribution in [0.3, 0.4) is 0 Å². The summed E-state index contributed by atoms with van der Waals surface area (Å²) < 4.78 is 26.2. The first-order valence-corrected chi connectivity index (χ1v) is 8.05. The van der Waals surface area contributed by atoms with E-state index in [1.165, 1.54) is 0 Å². The van der Waals surface area contributed by atoms with Crippen molar-refractivity contribution in [2.45, 2.75) is 33.1 Å². The third kappa shape index (κ3) is 2.18. The second kappa shape index (κ2) is 4.28. The molecule has 0 saturated heterocycles. The third-order valence-electron chi connectivity index (χ3n) is 5.04. The van der Waals surface area contributed by atoms with E-state index in [-0.39, 0.29) is 22.9 Å². The second-order valence-corrected chi connectivity index (χ2v) is 8.02. The van der Waals surface area contributed by atoms with Gasteiger partial charge in [0.2, 0.25) is 15.9 Å². The van der Waals surface area contributed by atoms with Crippen LogP contribution in [0.1, 0.15) is 33.1 Å². The average Bonchev–Trinajstić information content (AvgIpc) is 2.60. The number of primary amides is 1. The van der Waals surface area contributed by atoms with Gasteiger partial charge in [-0.05, 0) is 24.2 Å². The summed E-state index contributed by atoms with van der Waals surface area (Å²) in [6.45, 7) is 3.52. The summed E-state index contributed by atoms with van der Waals surface area (Å²) in [5, 5.41) is 0. The lowest BCUT2D eigenvalue weighted by atomic mass is 9.70. The molecule has 2 bridgehead atoms. The van der Waals surface area contributed by atoms with Gasteiger partial charge in [-0.3, -0.25) is 9.59 Å². The van der Waals surface area contributed by atoms with Crippen LogP contribution < -0.4 is 10.5 Å². The minimum atomic E-state index is -3.68. The number of sulfonamides is 1. The summed E-state index contributed by atoms with van der Waals surface area (Å²) in [5.74, 6) is -0.665. The Bertz CT molecular complexity index is 526. The smallest absolute Gasteiger partial charge is 0.232 e. The molecule has 0 aliphatic heterocycles. The number of carbonyl (C=O) groups excluding carboxylic acids is 2. The Balaban J connectivity index is 2.22. The molecule has 2 saturated carbocycles. The Hall–Kier alpha value is -0.950. The highest BCUT2D eigenvalue weighted by atomic mass is 32.2. The molecule has 0 aromatic heterocycles. The van der Waals surface area contributed by atoms with E-state index in [1.54, 1.807) is 0 Å². The van der Waals surface area contributed by atoms with Crippen LogP contribution >= 0.6 is 0 Å². The van der Waals surface area contributed by atoms with Crippen molar-refractivity contribution in [3.63, 3.8) is 0 Å². The minimum Gasteiger partial charge on any atom is -0.369 e. The molecule has 7 heteroatoms. The first-order valence-electron chi connectivity index (χ1n) is 6.40. The minimum absolute atomic E-state index is 0.0400. The molecule has 108 valence electrons. The average molecular weight is 288 g/mol. The summed E-state index contributed by atoms with van der Waals surface area (Å²) in [5.41, 5.74) is 3.82. The van der Waals surface area contributed by atoms with Gasteiger partial charge in [0.15, 0.2) is 0 Å². The lowest BCUT2D eigenvalue weighted by Crippen LogP contribution is -2.46. The van der Waals surface area contributed by atoms with E-state index >= 15 is 0 Å². The number of Topliss-reactive ketones (excluding diaryl/α,β-unsaturated/α-hetero) is 1. The SMILES string of the molecule is CC1(C)[C@@H]2CC[C@@]1(CS(=O)(=O)NCC(N)=O)C(=O)C2. The number of nitrogens with two attached hydrogens (primary N) is 1. The topological polar surface area (TPSA) is 106 Å². The molecule has 3 N–H and O–H groups in total. The van der Waals surface area contributed by atoms with Crippen molar-refractivity contribution in [2.75, 3.05) is 12.3 Å². The van der Waals surface area contributed by atoms with Gasteiger partial charge in [-0.2, -0.15) is 0 Å². The molecule has 2 atom stereocenters. The molecular weight excluding hydrogens is 268 g/mol. The molecule has 2 rings (SSSR count). The van der Waals surface area contributed by atoms with Gasteiger partial charge in [0.1, 0.15) is 5.78 Å². The normalized spacial score (nSPS) is 32.7. The van der Waals surface area contributed by atoms with Gasteiger partial charge in [0, 0.05) is 11.8 Å². The van der Waals surface area contributed by atoms with Crippen molar-refractivity contribution in [1.29, 1.82) is 0 Å². The van der Waals surface area contributed by atoms with E-state index < -0.39 is 27.9 Å². The second-order valence-electron chi connectivity index (χ2n) is 6.21. The maximum Gasteiger partial charge on any atom is 0.232 e. The Kier molecular flexibility index (Phi) is 3.25. The zero-order chi connectivity index (χ0) is 14.5. The number of fused-ring (bicyclic) bond motifs is 2. The van der Waals surface area contributed by atoms with Crippen LogP contribution in [0.2, 0.25) is 0 Å². The lowest BCUT2D eigenvalue weighted by Gasteiger charge is -2.36. The molecule has 2 fully saturated rings. The first-order chi connectivity index (χ1) is 8.61. The van der Waals surface area contributed by atoms with Crippen LogP contribution in [0.4, 0.5) is 0 Å². The van der Waals surface area contributed by atoms with Gasteiger partial charge < -0.3 is 5.73 Å². The number of rotatable bonds is 5. The Labute approximate surface area is 113 Å². The fourth-order valence-electron chi connectivity index (χ4n) is 3.66. The molecule has 0 radical (unpaired) electrons. The highest BCUT2D eigenvalue weighted by molar-refractivity contribution is 7.89. The monoisotopic (exact) mass is 288 g/mol. The summed E-state index contributed by atoms with van der Waals surface area (Å²) in [4.78, 5) is 22.9. The van der Waals surface area contributed by atoms with Crippen LogP contribution in [0.5, 0.6) is 0 Å². The van der Waals surface area contributed by atoms with Crippen LogP contribution in [0, 0.1) is 16.7 Å². The van der Waals surface area contributed by atoms with Gasteiger partial charge in [-0.15, -0.1) is 0 Å². The van der Waals surface area contributed by atoms with Crippen molar-refractivity contribution >= 4 is 21.7 Å². The molecular formula is C12H20N2O4S. The zero-order valence-corrected chi connectivity index (χ0v) is 12.0. The number of hydrogen-bond acceptors (Lipinski definition) is 4. The summed E-state index contributed by atoms with van der Waals surface area (Å²) in [7, 11) is -3.68. The molecule has 19 heavy (non-hydrogen) atoms. The van der Waals surface area contributed by atoms with Crippen LogP contribution in [-0.2, 0) is 19.6 Å². The van der Waals surface area contributed by atoms with Crippen LogP contribution in [0.15, 0.2) is 0 Å². The van der Waals surface area contributed by atoms with Gasteiger partial charge >= 0.3 is 0 Å². The number of amides is 1. The Morgan fingerprint density at radius 3 is 2.53 bits per heavy atom. The number of hydrogen-bond donors (Lipinski definition) is 2. The van der Waals surface area contributed by atoms with Gasteiger partial charge in [0.25, 0.3) is 0 Å². The molecule has 0 aromatic carbocycles. The molecule has 2 aliphatic carbocycles.